The molecule has 2 nitrogen and oxygen atoms in total. The number of nitrogens with one attached hydrogen (secondary N) is 1. The van der Waals surface area contributed by atoms with Crippen LogP contribution in [0.2, 0.25) is 0 Å². The second kappa shape index (κ2) is 7.71. The normalized spacial score (nSPS) is 12.7. The fraction of sp³-hybridized carbons (Fsp3) is 0.538. The minimum atomic E-state index is 0.434. The van der Waals surface area contributed by atoms with E-state index in [2.05, 4.69) is 43.4 Å². The lowest BCUT2D eigenvalue weighted by molar-refractivity contribution is 0.173. The molecule has 1 rings (SSSR count). The highest BCUT2D eigenvalue weighted by atomic mass is 32.2. The van der Waals surface area contributed by atoms with Crippen LogP contribution in [0.3, 0.4) is 0 Å². The number of rotatable bonds is 7. The van der Waals surface area contributed by atoms with Gasteiger partial charge in [-0.1, -0.05) is 17.7 Å². The smallest absolute Gasteiger partial charge is 0.0613 e. The topological polar surface area (TPSA) is 21.3 Å². The van der Waals surface area contributed by atoms with E-state index < -0.39 is 0 Å². The fourth-order valence-corrected chi connectivity index (χ4v) is 2.20. The van der Waals surface area contributed by atoms with Crippen molar-refractivity contribution in [1.82, 2.24) is 5.32 Å². The standard InChI is InChI=1S/C13H21NOS/c1-11-4-6-13(7-5-11)16-9-8-14-12(2)10-15-3/h4-7,12,14H,8-10H2,1-3H3. The van der Waals surface area contributed by atoms with Crippen molar-refractivity contribution in [1.29, 1.82) is 0 Å². The second-order valence-corrected chi connectivity index (χ2v) is 5.14. The van der Waals surface area contributed by atoms with Crippen LogP contribution < -0.4 is 5.32 Å². The van der Waals surface area contributed by atoms with Crippen LogP contribution in [-0.4, -0.2) is 32.1 Å². The summed E-state index contributed by atoms with van der Waals surface area (Å²) in [6.07, 6.45) is 0. The van der Waals surface area contributed by atoms with Gasteiger partial charge in [0.15, 0.2) is 0 Å². The summed E-state index contributed by atoms with van der Waals surface area (Å²) in [5.74, 6) is 1.09. The molecule has 0 fully saturated rings. The fourth-order valence-electron chi connectivity index (χ4n) is 1.42. The lowest BCUT2D eigenvalue weighted by Crippen LogP contribution is -2.31. The molecule has 0 saturated heterocycles. The average Bonchev–Trinajstić information content (AvgIpc) is 2.27. The molecular formula is C13H21NOS. The van der Waals surface area contributed by atoms with Crippen molar-refractivity contribution in [2.45, 2.75) is 24.8 Å². The average molecular weight is 239 g/mol. The lowest BCUT2D eigenvalue weighted by Gasteiger charge is -2.12. The molecule has 0 amide bonds. The van der Waals surface area contributed by atoms with Crippen molar-refractivity contribution in [3.8, 4) is 0 Å². The summed E-state index contributed by atoms with van der Waals surface area (Å²) in [5.41, 5.74) is 1.32. The number of hydrogen-bond acceptors (Lipinski definition) is 3. The van der Waals surface area contributed by atoms with Gasteiger partial charge in [-0.3, -0.25) is 0 Å². The Kier molecular flexibility index (Phi) is 6.53. The maximum absolute atomic E-state index is 5.06. The molecule has 0 bridgehead atoms. The molecule has 0 radical (unpaired) electrons. The summed E-state index contributed by atoms with van der Waals surface area (Å²) in [7, 11) is 1.74. The Bertz CT molecular complexity index is 286. The zero-order valence-corrected chi connectivity index (χ0v) is 11.1. The Labute approximate surface area is 103 Å². The van der Waals surface area contributed by atoms with E-state index in [0.717, 1.165) is 18.9 Å². The number of thioether (sulfide) groups is 1. The molecule has 0 heterocycles. The predicted octanol–water partition coefficient (Wildman–Crippen LogP) is 2.71. The minimum Gasteiger partial charge on any atom is -0.383 e. The van der Waals surface area contributed by atoms with Crippen LogP contribution in [0, 0.1) is 6.92 Å². The van der Waals surface area contributed by atoms with E-state index in [1.807, 2.05) is 11.8 Å². The van der Waals surface area contributed by atoms with Crippen LogP contribution in [0.4, 0.5) is 0 Å². The van der Waals surface area contributed by atoms with Crippen molar-refractivity contribution in [2.24, 2.45) is 0 Å². The number of ether oxygens (including phenoxy) is 1. The highest BCUT2D eigenvalue weighted by molar-refractivity contribution is 7.99. The maximum Gasteiger partial charge on any atom is 0.0613 e. The summed E-state index contributed by atoms with van der Waals surface area (Å²) in [4.78, 5) is 1.34. The first-order chi connectivity index (χ1) is 7.72. The van der Waals surface area contributed by atoms with Gasteiger partial charge in [-0.2, -0.15) is 0 Å². The van der Waals surface area contributed by atoms with E-state index in [0.29, 0.717) is 6.04 Å². The van der Waals surface area contributed by atoms with Gasteiger partial charge in [-0.05, 0) is 26.0 Å². The van der Waals surface area contributed by atoms with E-state index in [-0.39, 0.29) is 0 Å². The van der Waals surface area contributed by atoms with Gasteiger partial charge in [0, 0.05) is 30.3 Å². The summed E-state index contributed by atoms with van der Waals surface area (Å²) in [6, 6.07) is 9.10. The molecule has 0 saturated carbocycles. The highest BCUT2D eigenvalue weighted by Crippen LogP contribution is 2.17. The van der Waals surface area contributed by atoms with Gasteiger partial charge in [0.1, 0.15) is 0 Å². The van der Waals surface area contributed by atoms with Gasteiger partial charge in [0.05, 0.1) is 6.61 Å². The molecule has 0 aliphatic rings. The van der Waals surface area contributed by atoms with Gasteiger partial charge in [0.25, 0.3) is 0 Å². The molecule has 0 aliphatic heterocycles. The monoisotopic (exact) mass is 239 g/mol. The van der Waals surface area contributed by atoms with Crippen LogP contribution >= 0.6 is 11.8 Å². The van der Waals surface area contributed by atoms with Crippen LogP contribution in [-0.2, 0) is 4.74 Å². The molecular weight excluding hydrogens is 218 g/mol. The molecule has 3 heteroatoms. The number of hydrogen-bond donors (Lipinski definition) is 1. The summed E-state index contributed by atoms with van der Waals surface area (Å²) in [6.45, 7) is 6.04. The molecule has 1 aromatic rings. The van der Waals surface area contributed by atoms with Crippen molar-refractivity contribution < 1.29 is 4.74 Å². The lowest BCUT2D eigenvalue weighted by atomic mass is 10.2. The van der Waals surface area contributed by atoms with Crippen molar-refractivity contribution in [3.05, 3.63) is 29.8 Å². The Hall–Kier alpha value is -0.510. The van der Waals surface area contributed by atoms with Crippen LogP contribution in [0.5, 0.6) is 0 Å². The van der Waals surface area contributed by atoms with Crippen molar-refractivity contribution in [3.63, 3.8) is 0 Å². The number of methoxy groups -OCH3 is 1. The first kappa shape index (κ1) is 13.6. The van der Waals surface area contributed by atoms with E-state index >= 15 is 0 Å². The van der Waals surface area contributed by atoms with E-state index in [4.69, 9.17) is 4.74 Å². The first-order valence-corrected chi connectivity index (χ1v) is 6.62. The second-order valence-electron chi connectivity index (χ2n) is 3.97. The third kappa shape index (κ3) is 5.54. The SMILES string of the molecule is COCC(C)NCCSc1ccc(C)cc1. The Balaban J connectivity index is 2.13. The molecule has 1 aromatic carbocycles. The van der Waals surface area contributed by atoms with Gasteiger partial charge >= 0.3 is 0 Å². The summed E-state index contributed by atoms with van der Waals surface area (Å²) in [5, 5.41) is 3.42. The Morgan fingerprint density at radius 3 is 2.62 bits per heavy atom. The van der Waals surface area contributed by atoms with Crippen LogP contribution in [0.25, 0.3) is 0 Å². The third-order valence-electron chi connectivity index (χ3n) is 2.30. The van der Waals surface area contributed by atoms with Crippen LogP contribution in [0.1, 0.15) is 12.5 Å². The molecule has 0 aromatic heterocycles. The number of aryl methyl sites for hydroxylation is 1. The first-order valence-electron chi connectivity index (χ1n) is 5.64. The Morgan fingerprint density at radius 1 is 1.31 bits per heavy atom. The maximum atomic E-state index is 5.06. The largest absolute Gasteiger partial charge is 0.383 e. The summed E-state index contributed by atoms with van der Waals surface area (Å²) < 4.78 is 5.06. The van der Waals surface area contributed by atoms with E-state index in [9.17, 15) is 0 Å². The van der Waals surface area contributed by atoms with E-state index in [1.54, 1.807) is 7.11 Å². The molecule has 1 N–H and O–H groups in total. The number of benzene rings is 1. The quantitative estimate of drug-likeness (QED) is 0.584. The Morgan fingerprint density at radius 2 is 2.00 bits per heavy atom. The molecule has 0 aliphatic carbocycles. The van der Waals surface area contributed by atoms with Crippen molar-refractivity contribution in [2.75, 3.05) is 26.0 Å². The van der Waals surface area contributed by atoms with Gasteiger partial charge in [-0.15, -0.1) is 11.8 Å². The predicted molar refractivity (Wildman–Crippen MR) is 71.2 cm³/mol. The molecule has 90 valence electrons. The van der Waals surface area contributed by atoms with E-state index in [1.165, 1.54) is 10.5 Å². The van der Waals surface area contributed by atoms with Gasteiger partial charge < -0.3 is 10.1 Å². The van der Waals surface area contributed by atoms with Crippen LogP contribution in [0.15, 0.2) is 29.2 Å². The summed E-state index contributed by atoms with van der Waals surface area (Å²) >= 11 is 1.89. The zero-order chi connectivity index (χ0) is 11.8. The third-order valence-corrected chi connectivity index (χ3v) is 3.31. The van der Waals surface area contributed by atoms with Crippen molar-refractivity contribution >= 4 is 11.8 Å². The van der Waals surface area contributed by atoms with Gasteiger partial charge in [-0.25, -0.2) is 0 Å². The highest BCUT2D eigenvalue weighted by Gasteiger charge is 1.99. The molecule has 1 unspecified atom stereocenters. The molecule has 16 heavy (non-hydrogen) atoms. The zero-order valence-electron chi connectivity index (χ0n) is 10.3. The minimum absolute atomic E-state index is 0.434. The van der Waals surface area contributed by atoms with Gasteiger partial charge in [0.2, 0.25) is 0 Å². The molecule has 0 spiro atoms. The molecule has 1 atom stereocenters.